The molecule has 1 aliphatic heterocycles. The highest BCUT2D eigenvalue weighted by Crippen LogP contribution is 2.24. The average Bonchev–Trinajstić information content (AvgIpc) is 2.95. The summed E-state index contributed by atoms with van der Waals surface area (Å²) in [4.78, 5) is 7.12. The molecule has 2 aromatic rings. The monoisotopic (exact) mass is 273 g/mol. The van der Waals surface area contributed by atoms with E-state index in [4.69, 9.17) is 4.98 Å². The number of nitrogens with one attached hydrogen (secondary N) is 1. The van der Waals surface area contributed by atoms with Crippen molar-refractivity contribution in [1.82, 2.24) is 19.9 Å². The molecule has 1 saturated heterocycles. The maximum atomic E-state index is 4.70. The normalized spacial score (nSPS) is 21.3. The largest absolute Gasteiger partial charge is 0.356 e. The topological polar surface area (TPSA) is 45.5 Å². The van der Waals surface area contributed by atoms with Crippen LogP contribution in [0.5, 0.6) is 0 Å². The van der Waals surface area contributed by atoms with Gasteiger partial charge in [-0.1, -0.05) is 6.92 Å². The van der Waals surface area contributed by atoms with E-state index in [1.165, 1.54) is 12.8 Å². The Morgan fingerprint density at radius 1 is 1.45 bits per heavy atom. The summed E-state index contributed by atoms with van der Waals surface area (Å²) in [5, 5.41) is 7.75. The van der Waals surface area contributed by atoms with Gasteiger partial charge in [-0.3, -0.25) is 0 Å². The first kappa shape index (κ1) is 13.4. The van der Waals surface area contributed by atoms with Gasteiger partial charge < -0.3 is 10.2 Å². The lowest BCUT2D eigenvalue weighted by atomic mass is 9.91. The van der Waals surface area contributed by atoms with Crippen LogP contribution in [0.25, 0.3) is 5.65 Å². The lowest BCUT2D eigenvalue weighted by Crippen LogP contribution is -2.44. The van der Waals surface area contributed by atoms with E-state index in [1.54, 1.807) is 6.20 Å². The van der Waals surface area contributed by atoms with Crippen LogP contribution in [-0.2, 0) is 0 Å². The third kappa shape index (κ3) is 2.63. The van der Waals surface area contributed by atoms with Crippen LogP contribution in [0.15, 0.2) is 24.5 Å². The van der Waals surface area contributed by atoms with E-state index in [-0.39, 0.29) is 0 Å². The van der Waals surface area contributed by atoms with Crippen molar-refractivity contribution in [2.75, 3.05) is 24.5 Å². The second-order valence-corrected chi connectivity index (χ2v) is 5.61. The molecular weight excluding hydrogens is 250 g/mol. The molecule has 1 N–H and O–H groups in total. The number of fused-ring (bicyclic) bond motifs is 1. The lowest BCUT2D eigenvalue weighted by molar-refractivity contribution is 0.323. The number of rotatable bonds is 4. The molecule has 5 nitrogen and oxygen atoms in total. The van der Waals surface area contributed by atoms with Crippen LogP contribution in [0, 0.1) is 5.92 Å². The van der Waals surface area contributed by atoms with Gasteiger partial charge >= 0.3 is 0 Å². The Hall–Kier alpha value is -1.62. The molecule has 0 amide bonds. The van der Waals surface area contributed by atoms with Gasteiger partial charge in [-0.15, -0.1) is 0 Å². The molecule has 2 aromatic heterocycles. The van der Waals surface area contributed by atoms with Crippen LogP contribution < -0.4 is 10.2 Å². The lowest BCUT2D eigenvalue weighted by Gasteiger charge is -2.36. The maximum Gasteiger partial charge on any atom is 0.157 e. The minimum atomic E-state index is 0.571. The predicted molar refractivity (Wildman–Crippen MR) is 81.1 cm³/mol. The smallest absolute Gasteiger partial charge is 0.157 e. The van der Waals surface area contributed by atoms with Crippen molar-refractivity contribution in [2.45, 2.75) is 32.7 Å². The Balaban J connectivity index is 1.75. The van der Waals surface area contributed by atoms with Crippen molar-refractivity contribution in [3.05, 3.63) is 24.5 Å². The molecule has 20 heavy (non-hydrogen) atoms. The molecule has 2 unspecified atom stereocenters. The Morgan fingerprint density at radius 2 is 2.35 bits per heavy atom. The maximum absolute atomic E-state index is 4.70. The number of anilines is 1. The summed E-state index contributed by atoms with van der Waals surface area (Å²) in [5.74, 6) is 1.78. The van der Waals surface area contributed by atoms with Gasteiger partial charge in [0, 0.05) is 31.4 Å². The van der Waals surface area contributed by atoms with Crippen molar-refractivity contribution in [1.29, 1.82) is 0 Å². The van der Waals surface area contributed by atoms with Gasteiger partial charge in [0.15, 0.2) is 5.65 Å². The predicted octanol–water partition coefficient (Wildman–Crippen LogP) is 1.94. The van der Waals surface area contributed by atoms with E-state index in [0.717, 1.165) is 31.1 Å². The van der Waals surface area contributed by atoms with Gasteiger partial charge in [0.05, 0.1) is 6.20 Å². The molecule has 0 spiro atoms. The molecule has 5 heteroatoms. The molecule has 0 aromatic carbocycles. The summed E-state index contributed by atoms with van der Waals surface area (Å²) in [7, 11) is 0. The zero-order valence-electron chi connectivity index (χ0n) is 12.3. The zero-order chi connectivity index (χ0) is 13.9. The number of hydrogen-bond acceptors (Lipinski definition) is 4. The summed E-state index contributed by atoms with van der Waals surface area (Å²) >= 11 is 0. The first-order valence-electron chi connectivity index (χ1n) is 7.56. The number of nitrogens with zero attached hydrogens (tertiary/aromatic N) is 4. The number of aromatic nitrogens is 3. The molecule has 1 fully saturated rings. The number of piperidine rings is 1. The quantitative estimate of drug-likeness (QED) is 0.925. The Kier molecular flexibility index (Phi) is 3.87. The van der Waals surface area contributed by atoms with Crippen LogP contribution in [0.4, 0.5) is 5.82 Å². The highest BCUT2D eigenvalue weighted by molar-refractivity contribution is 5.47. The van der Waals surface area contributed by atoms with Crippen LogP contribution in [-0.4, -0.2) is 40.3 Å². The van der Waals surface area contributed by atoms with E-state index >= 15 is 0 Å². The molecule has 2 atom stereocenters. The Labute approximate surface area is 120 Å². The fourth-order valence-electron chi connectivity index (χ4n) is 3.09. The van der Waals surface area contributed by atoms with Crippen LogP contribution in [0.3, 0.4) is 0 Å². The first-order valence-corrected chi connectivity index (χ1v) is 7.56. The van der Waals surface area contributed by atoms with Gasteiger partial charge in [-0.05, 0) is 38.3 Å². The first-order chi connectivity index (χ1) is 9.78. The van der Waals surface area contributed by atoms with Gasteiger partial charge in [0.25, 0.3) is 0 Å². The molecular formula is C15H23N5. The zero-order valence-corrected chi connectivity index (χ0v) is 12.3. The highest BCUT2D eigenvalue weighted by atomic mass is 15.3. The van der Waals surface area contributed by atoms with Gasteiger partial charge in [-0.25, -0.2) is 9.50 Å². The van der Waals surface area contributed by atoms with Crippen molar-refractivity contribution >= 4 is 11.5 Å². The molecule has 108 valence electrons. The highest BCUT2D eigenvalue weighted by Gasteiger charge is 2.25. The van der Waals surface area contributed by atoms with Crippen molar-refractivity contribution < 1.29 is 0 Å². The van der Waals surface area contributed by atoms with Crippen LogP contribution in [0.1, 0.15) is 26.7 Å². The summed E-state index contributed by atoms with van der Waals surface area (Å²) in [6.07, 6.45) is 6.33. The Bertz CT molecular complexity index is 564. The second kappa shape index (κ2) is 5.79. The van der Waals surface area contributed by atoms with Crippen molar-refractivity contribution in [3.63, 3.8) is 0 Å². The third-order valence-corrected chi connectivity index (χ3v) is 4.26. The summed E-state index contributed by atoms with van der Waals surface area (Å²) < 4.78 is 1.81. The summed E-state index contributed by atoms with van der Waals surface area (Å²) in [5.41, 5.74) is 0.921. The minimum absolute atomic E-state index is 0.571. The fraction of sp³-hybridized carbons (Fsp3) is 0.600. The van der Waals surface area contributed by atoms with Crippen LogP contribution >= 0.6 is 0 Å². The molecule has 3 rings (SSSR count). The van der Waals surface area contributed by atoms with E-state index in [0.29, 0.717) is 12.0 Å². The fourth-order valence-corrected chi connectivity index (χ4v) is 3.09. The van der Waals surface area contributed by atoms with Crippen molar-refractivity contribution in [2.24, 2.45) is 5.92 Å². The van der Waals surface area contributed by atoms with Gasteiger partial charge in [0.1, 0.15) is 5.82 Å². The van der Waals surface area contributed by atoms with Crippen molar-refractivity contribution in [3.8, 4) is 0 Å². The molecule has 0 saturated carbocycles. The third-order valence-electron chi connectivity index (χ3n) is 4.26. The van der Waals surface area contributed by atoms with E-state index in [1.807, 2.05) is 16.8 Å². The minimum Gasteiger partial charge on any atom is -0.356 e. The van der Waals surface area contributed by atoms with E-state index in [2.05, 4.69) is 35.2 Å². The SMILES string of the molecule is CCNC(C)C1CCCN(c2ccn3nccc3n2)C1. The Morgan fingerprint density at radius 3 is 3.20 bits per heavy atom. The van der Waals surface area contributed by atoms with Gasteiger partial charge in [-0.2, -0.15) is 5.10 Å². The average molecular weight is 273 g/mol. The molecule has 3 heterocycles. The molecule has 1 aliphatic rings. The number of hydrogen-bond donors (Lipinski definition) is 1. The standard InChI is InChI=1S/C15H23N5/c1-3-16-12(2)13-5-4-9-19(11-13)14-7-10-20-15(18-14)6-8-17-20/h6-8,10,12-13,16H,3-5,9,11H2,1-2H3. The van der Waals surface area contributed by atoms with Gasteiger partial charge in [0.2, 0.25) is 0 Å². The summed E-state index contributed by atoms with van der Waals surface area (Å²) in [6, 6.07) is 4.59. The second-order valence-electron chi connectivity index (χ2n) is 5.61. The summed E-state index contributed by atoms with van der Waals surface area (Å²) in [6.45, 7) is 7.70. The molecule has 0 bridgehead atoms. The molecule has 0 aliphatic carbocycles. The van der Waals surface area contributed by atoms with Crippen LogP contribution in [0.2, 0.25) is 0 Å². The molecule has 0 radical (unpaired) electrons. The van der Waals surface area contributed by atoms with E-state index in [9.17, 15) is 0 Å². The van der Waals surface area contributed by atoms with E-state index < -0.39 is 0 Å².